The van der Waals surface area contributed by atoms with E-state index in [1.54, 1.807) is 25.7 Å². The van der Waals surface area contributed by atoms with Crippen molar-refractivity contribution in [3.05, 3.63) is 52.6 Å². The molecule has 0 bridgehead atoms. The molecule has 1 aliphatic carbocycles. The highest BCUT2D eigenvalue weighted by atomic mass is 32.2. The molecule has 1 amide bonds. The van der Waals surface area contributed by atoms with Crippen LogP contribution in [0.1, 0.15) is 43.1 Å². The Morgan fingerprint density at radius 2 is 2.19 bits per heavy atom. The molecule has 1 aromatic carbocycles. The second-order valence-corrected chi connectivity index (χ2v) is 10.4. The number of nitrogens with two attached hydrogens (primary N) is 1. The summed E-state index contributed by atoms with van der Waals surface area (Å²) in [5, 5.41) is 6.25. The Hall–Kier alpha value is -3.48. The van der Waals surface area contributed by atoms with Crippen molar-refractivity contribution < 1.29 is 4.79 Å². The maximum absolute atomic E-state index is 13.7. The lowest BCUT2D eigenvalue weighted by Crippen LogP contribution is -2.44. The minimum atomic E-state index is -0.211. The van der Waals surface area contributed by atoms with Crippen LogP contribution in [0.4, 0.5) is 17.5 Å². The van der Waals surface area contributed by atoms with Crippen LogP contribution < -0.4 is 21.3 Å². The zero-order valence-corrected chi connectivity index (χ0v) is 22.2. The number of nitrogens with one attached hydrogen (secondary N) is 2. The van der Waals surface area contributed by atoms with Crippen molar-refractivity contribution >= 4 is 40.8 Å². The Kier molecular flexibility index (Phi) is 7.68. The second kappa shape index (κ2) is 11.3. The van der Waals surface area contributed by atoms with Crippen molar-refractivity contribution in [1.29, 1.82) is 0 Å². The number of carbonyl (C=O) groups excluding carboxylic acids is 1. The van der Waals surface area contributed by atoms with Gasteiger partial charge in [-0.3, -0.25) is 9.36 Å². The molecule has 1 atom stereocenters. The lowest BCUT2D eigenvalue weighted by Gasteiger charge is -2.31. The monoisotopic (exact) mass is 515 g/mol. The number of para-hydroxylation sites is 1. The van der Waals surface area contributed by atoms with Crippen molar-refractivity contribution in [2.45, 2.75) is 50.1 Å². The molecule has 192 valence electrons. The van der Waals surface area contributed by atoms with Gasteiger partial charge in [0.25, 0.3) is 5.91 Å². The Bertz CT molecular complexity index is 1340. The zero-order chi connectivity index (χ0) is 25.8. The second-order valence-electron chi connectivity index (χ2n) is 9.31. The molecule has 0 radical (unpaired) electrons. The quantitative estimate of drug-likeness (QED) is 0.501. The summed E-state index contributed by atoms with van der Waals surface area (Å²) in [4.78, 5) is 28.1. The van der Waals surface area contributed by atoms with E-state index in [-0.39, 0.29) is 11.9 Å². The number of piperidine rings is 1. The van der Waals surface area contributed by atoms with E-state index in [2.05, 4.69) is 45.6 Å². The smallest absolute Gasteiger partial charge is 0.272 e. The summed E-state index contributed by atoms with van der Waals surface area (Å²) in [5.74, 6) is 7.11. The van der Waals surface area contributed by atoms with Crippen LogP contribution in [-0.2, 0) is 6.54 Å². The van der Waals surface area contributed by atoms with Crippen LogP contribution in [0.15, 0.2) is 56.8 Å². The van der Waals surface area contributed by atoms with Gasteiger partial charge in [-0.1, -0.05) is 42.0 Å². The van der Waals surface area contributed by atoms with E-state index < -0.39 is 0 Å². The Morgan fingerprint density at radius 3 is 3.00 bits per heavy atom. The molecule has 0 saturated carbocycles. The van der Waals surface area contributed by atoms with E-state index in [1.165, 1.54) is 4.91 Å². The first kappa shape index (κ1) is 25.2. The van der Waals surface area contributed by atoms with Crippen molar-refractivity contribution in [2.24, 2.45) is 10.7 Å². The summed E-state index contributed by atoms with van der Waals surface area (Å²) < 4.78 is 1.90. The van der Waals surface area contributed by atoms with Crippen molar-refractivity contribution in [2.75, 3.05) is 36.9 Å². The SMILES string of the molecule is CC#CCn1c(N2CCCC(N)C2)nc(NC)c1C(=O)NCC1=Nc2ccccc2SC2=C1C=CCC2. The number of allylic oxidation sites excluding steroid dienone is 3. The number of amides is 1. The standard InChI is InChI=1S/C28H33N7OS/c1-3-4-16-35-25(26(30-2)33-28(35)34-15-9-10-19(29)18-34)27(36)31-17-22-20-11-5-7-13-23(20)37-24-14-8-6-12-21(24)32-22/h5-6,8,11-12,14,19,30H,7,9-10,13,15-18,29H2,1-2H3,(H,31,36). The maximum atomic E-state index is 13.7. The average molecular weight is 516 g/mol. The number of aliphatic imine (C=N–C) groups is 1. The number of rotatable bonds is 6. The van der Waals surface area contributed by atoms with E-state index in [9.17, 15) is 4.79 Å². The van der Waals surface area contributed by atoms with Crippen molar-refractivity contribution in [3.63, 3.8) is 0 Å². The predicted octanol–water partition coefficient (Wildman–Crippen LogP) is 4.09. The molecule has 2 aromatic rings. The van der Waals surface area contributed by atoms with Gasteiger partial charge in [-0.25, -0.2) is 4.99 Å². The van der Waals surface area contributed by atoms with Crippen LogP contribution >= 0.6 is 11.8 Å². The number of aromatic nitrogens is 2. The van der Waals surface area contributed by atoms with Gasteiger partial charge < -0.3 is 21.3 Å². The molecule has 2 aliphatic heterocycles. The molecular weight excluding hydrogens is 482 g/mol. The zero-order valence-electron chi connectivity index (χ0n) is 21.4. The first-order valence-electron chi connectivity index (χ1n) is 12.8. The van der Waals surface area contributed by atoms with Crippen LogP contribution in [0.5, 0.6) is 0 Å². The van der Waals surface area contributed by atoms with Gasteiger partial charge in [-0.15, -0.1) is 5.92 Å². The van der Waals surface area contributed by atoms with E-state index in [0.29, 0.717) is 31.1 Å². The number of imidazole rings is 1. The molecule has 3 heterocycles. The molecular formula is C28H33N7OS. The molecule has 1 fully saturated rings. The number of anilines is 2. The van der Waals surface area contributed by atoms with Crippen LogP contribution in [-0.4, -0.2) is 53.9 Å². The third-order valence-electron chi connectivity index (χ3n) is 6.76. The van der Waals surface area contributed by atoms with Gasteiger partial charge in [0.15, 0.2) is 11.5 Å². The molecule has 1 unspecified atom stereocenters. The van der Waals surface area contributed by atoms with E-state index in [0.717, 1.165) is 60.0 Å². The number of hydrogen-bond acceptors (Lipinski definition) is 7. The third kappa shape index (κ3) is 5.31. The highest BCUT2D eigenvalue weighted by Gasteiger charge is 2.28. The molecule has 9 heteroatoms. The summed E-state index contributed by atoms with van der Waals surface area (Å²) >= 11 is 1.78. The number of benzene rings is 1. The molecule has 1 aromatic heterocycles. The summed E-state index contributed by atoms with van der Waals surface area (Å²) in [6, 6.07) is 8.26. The fourth-order valence-electron chi connectivity index (χ4n) is 4.95. The number of carbonyl (C=O) groups is 1. The highest BCUT2D eigenvalue weighted by Crippen LogP contribution is 2.42. The molecule has 4 N–H and O–H groups in total. The Balaban J connectivity index is 1.46. The summed E-state index contributed by atoms with van der Waals surface area (Å²) in [7, 11) is 1.79. The normalized spacial score (nSPS) is 18.7. The average Bonchev–Trinajstić information content (AvgIpc) is 3.21. The van der Waals surface area contributed by atoms with E-state index in [1.807, 2.05) is 22.8 Å². The van der Waals surface area contributed by atoms with Gasteiger partial charge >= 0.3 is 0 Å². The number of hydrogen-bond donors (Lipinski definition) is 3. The van der Waals surface area contributed by atoms with Gasteiger partial charge in [-0.05, 0) is 49.6 Å². The van der Waals surface area contributed by atoms with Gasteiger partial charge in [0, 0.05) is 36.6 Å². The van der Waals surface area contributed by atoms with Crippen LogP contribution in [0, 0.1) is 11.8 Å². The number of nitrogens with zero attached hydrogens (tertiary/aromatic N) is 4. The topological polar surface area (TPSA) is 101 Å². The molecule has 37 heavy (non-hydrogen) atoms. The maximum Gasteiger partial charge on any atom is 0.272 e. The lowest BCUT2D eigenvalue weighted by atomic mass is 10.0. The Labute approximate surface area is 222 Å². The van der Waals surface area contributed by atoms with Gasteiger partial charge in [0.2, 0.25) is 5.95 Å². The van der Waals surface area contributed by atoms with E-state index >= 15 is 0 Å². The summed E-state index contributed by atoms with van der Waals surface area (Å²) in [6.45, 7) is 4.05. The van der Waals surface area contributed by atoms with Crippen LogP contribution in [0.3, 0.4) is 0 Å². The summed E-state index contributed by atoms with van der Waals surface area (Å²) in [6.07, 6.45) is 8.30. The Morgan fingerprint density at radius 1 is 1.32 bits per heavy atom. The number of thioether (sulfide) groups is 1. The lowest BCUT2D eigenvalue weighted by molar-refractivity contribution is 0.0951. The molecule has 5 rings (SSSR count). The van der Waals surface area contributed by atoms with Crippen LogP contribution in [0.2, 0.25) is 0 Å². The third-order valence-corrected chi connectivity index (χ3v) is 7.99. The summed E-state index contributed by atoms with van der Waals surface area (Å²) in [5.41, 5.74) is 9.63. The number of fused-ring (bicyclic) bond motifs is 1. The largest absolute Gasteiger partial charge is 0.371 e. The van der Waals surface area contributed by atoms with E-state index in [4.69, 9.17) is 15.7 Å². The fourth-order valence-corrected chi connectivity index (χ4v) is 6.10. The van der Waals surface area contributed by atoms with Crippen LogP contribution in [0.25, 0.3) is 0 Å². The highest BCUT2D eigenvalue weighted by molar-refractivity contribution is 8.03. The first-order valence-corrected chi connectivity index (χ1v) is 13.6. The first-order chi connectivity index (χ1) is 18.1. The minimum Gasteiger partial charge on any atom is -0.371 e. The molecule has 1 saturated heterocycles. The van der Waals surface area contributed by atoms with Crippen molar-refractivity contribution in [1.82, 2.24) is 14.9 Å². The predicted molar refractivity (Wildman–Crippen MR) is 152 cm³/mol. The minimum absolute atomic E-state index is 0.0893. The molecule has 8 nitrogen and oxygen atoms in total. The molecule has 3 aliphatic rings. The fraction of sp³-hybridized carbons (Fsp3) is 0.393. The molecule has 0 spiro atoms. The van der Waals surface area contributed by atoms with Gasteiger partial charge in [0.05, 0.1) is 24.5 Å². The van der Waals surface area contributed by atoms with Gasteiger partial charge in [0.1, 0.15) is 0 Å². The van der Waals surface area contributed by atoms with Crippen molar-refractivity contribution in [3.8, 4) is 11.8 Å². The van der Waals surface area contributed by atoms with Gasteiger partial charge in [-0.2, -0.15) is 4.98 Å².